The highest BCUT2D eigenvalue weighted by Crippen LogP contribution is 2.17. The number of halogens is 1. The smallest absolute Gasteiger partial charge is 0.267 e. The third kappa shape index (κ3) is 1.42. The molecule has 0 bridgehead atoms. The first-order chi connectivity index (χ1) is 6.79. The summed E-state index contributed by atoms with van der Waals surface area (Å²) < 4.78 is 13.3. The largest absolute Gasteiger partial charge is 0.272 e. The molecule has 0 amide bonds. The molecule has 3 nitrogen and oxygen atoms in total. The maximum atomic E-state index is 13.3. The molecule has 2 rings (SSSR count). The molecule has 0 aliphatic rings. The van der Waals surface area contributed by atoms with Crippen LogP contribution in [0.25, 0.3) is 11.1 Å². The van der Waals surface area contributed by atoms with E-state index in [9.17, 15) is 9.18 Å². The van der Waals surface area contributed by atoms with Crippen LogP contribution in [-0.4, -0.2) is 10.2 Å². The molecule has 0 aliphatic heterocycles. The van der Waals surface area contributed by atoms with Crippen LogP contribution in [-0.2, 0) is 0 Å². The van der Waals surface area contributed by atoms with Crippen molar-refractivity contribution in [1.29, 1.82) is 0 Å². The van der Waals surface area contributed by atoms with Gasteiger partial charge in [-0.25, -0.2) is 9.49 Å². The molecule has 0 radical (unpaired) electrons. The summed E-state index contributed by atoms with van der Waals surface area (Å²) in [5.74, 6) is -0.413. The van der Waals surface area contributed by atoms with Crippen molar-refractivity contribution >= 4 is 0 Å². The third-order valence-electron chi connectivity index (χ3n) is 1.89. The van der Waals surface area contributed by atoms with Gasteiger partial charge in [-0.2, -0.15) is 5.10 Å². The molecule has 0 aliphatic carbocycles. The summed E-state index contributed by atoms with van der Waals surface area (Å²) >= 11 is 0. The fourth-order valence-corrected chi connectivity index (χ4v) is 1.24. The molecule has 0 fully saturated rings. The predicted octanol–water partition coefficient (Wildman–Crippen LogP) is 1.58. The van der Waals surface area contributed by atoms with Crippen LogP contribution in [0.4, 0.5) is 4.39 Å². The van der Waals surface area contributed by atoms with Crippen molar-refractivity contribution in [2.24, 2.45) is 0 Å². The van der Waals surface area contributed by atoms with E-state index in [2.05, 4.69) is 10.2 Å². The number of aromatic amines is 1. The number of rotatable bonds is 1. The second-order valence-corrected chi connectivity index (χ2v) is 2.78. The van der Waals surface area contributed by atoms with Crippen LogP contribution in [0.15, 0.2) is 41.3 Å². The van der Waals surface area contributed by atoms with Gasteiger partial charge in [-0.05, 0) is 12.1 Å². The Balaban J connectivity index is 2.67. The minimum Gasteiger partial charge on any atom is -0.267 e. The number of H-pyrrole nitrogens is 1. The molecule has 0 spiro atoms. The summed E-state index contributed by atoms with van der Waals surface area (Å²) in [6.07, 6.45) is 1.42. The Hall–Kier alpha value is -1.97. The highest BCUT2D eigenvalue weighted by Gasteiger charge is 2.06. The zero-order valence-electron chi connectivity index (χ0n) is 7.20. The minimum atomic E-state index is -0.413. The summed E-state index contributed by atoms with van der Waals surface area (Å²) in [5.41, 5.74) is 0.187. The number of hydrogen-bond donors (Lipinski definition) is 1. The highest BCUT2D eigenvalue weighted by molar-refractivity contribution is 5.62. The predicted molar refractivity (Wildman–Crippen MR) is 50.3 cm³/mol. The minimum absolute atomic E-state index is 0.288. The topological polar surface area (TPSA) is 45.8 Å². The summed E-state index contributed by atoms with van der Waals surface area (Å²) in [4.78, 5) is 11.3. The van der Waals surface area contributed by atoms with E-state index in [1.54, 1.807) is 18.2 Å². The molecule has 14 heavy (non-hydrogen) atoms. The Kier molecular flexibility index (Phi) is 2.10. The van der Waals surface area contributed by atoms with E-state index in [0.29, 0.717) is 0 Å². The Morgan fingerprint density at radius 1 is 1.14 bits per heavy atom. The van der Waals surface area contributed by atoms with Crippen molar-refractivity contribution in [3.63, 3.8) is 0 Å². The van der Waals surface area contributed by atoms with E-state index in [0.717, 1.165) is 0 Å². The average Bonchev–Trinajstić information content (AvgIpc) is 2.20. The van der Waals surface area contributed by atoms with Crippen molar-refractivity contribution in [2.75, 3.05) is 0 Å². The molecular weight excluding hydrogens is 183 g/mol. The van der Waals surface area contributed by atoms with Crippen LogP contribution >= 0.6 is 0 Å². The zero-order valence-corrected chi connectivity index (χ0v) is 7.20. The fourth-order valence-electron chi connectivity index (χ4n) is 1.24. The van der Waals surface area contributed by atoms with E-state index >= 15 is 0 Å². The molecule has 0 saturated carbocycles. The summed E-state index contributed by atoms with van der Waals surface area (Å²) in [6, 6.07) is 7.61. The monoisotopic (exact) mass is 190 g/mol. The lowest BCUT2D eigenvalue weighted by Gasteiger charge is -2.00. The number of aromatic nitrogens is 2. The lowest BCUT2D eigenvalue weighted by molar-refractivity contribution is 0.631. The number of nitrogens with one attached hydrogen (secondary N) is 1. The van der Waals surface area contributed by atoms with Crippen molar-refractivity contribution in [3.8, 4) is 11.1 Å². The van der Waals surface area contributed by atoms with Gasteiger partial charge in [0.2, 0.25) is 0 Å². The van der Waals surface area contributed by atoms with Crippen LogP contribution in [0.2, 0.25) is 0 Å². The van der Waals surface area contributed by atoms with Crippen LogP contribution < -0.4 is 5.56 Å². The maximum Gasteiger partial charge on any atom is 0.272 e. The van der Waals surface area contributed by atoms with Crippen molar-refractivity contribution in [1.82, 2.24) is 10.2 Å². The van der Waals surface area contributed by atoms with Gasteiger partial charge in [0.15, 0.2) is 0 Å². The number of nitrogens with zero attached hydrogens (tertiary/aromatic N) is 1. The van der Waals surface area contributed by atoms with Crippen LogP contribution in [0, 0.1) is 5.82 Å². The van der Waals surface area contributed by atoms with Gasteiger partial charge >= 0.3 is 0 Å². The summed E-state index contributed by atoms with van der Waals surface area (Å²) in [7, 11) is 0. The molecule has 1 aromatic heterocycles. The van der Waals surface area contributed by atoms with Crippen molar-refractivity contribution in [2.45, 2.75) is 0 Å². The Morgan fingerprint density at radius 3 is 2.64 bits per heavy atom. The van der Waals surface area contributed by atoms with Gasteiger partial charge in [0.05, 0.1) is 5.56 Å². The Labute approximate surface area is 79.2 Å². The molecular formula is C10H7FN2O. The zero-order chi connectivity index (χ0) is 9.97. The first-order valence-corrected chi connectivity index (χ1v) is 4.07. The SMILES string of the molecule is O=c1[nH]nccc1-c1ccccc1F. The van der Waals surface area contributed by atoms with Gasteiger partial charge in [0, 0.05) is 11.8 Å². The van der Waals surface area contributed by atoms with E-state index in [4.69, 9.17) is 0 Å². The first-order valence-electron chi connectivity index (χ1n) is 4.07. The van der Waals surface area contributed by atoms with E-state index in [1.165, 1.54) is 18.3 Å². The number of benzene rings is 1. The van der Waals surface area contributed by atoms with E-state index in [-0.39, 0.29) is 11.1 Å². The van der Waals surface area contributed by atoms with Gasteiger partial charge in [0.1, 0.15) is 5.82 Å². The molecule has 1 N–H and O–H groups in total. The van der Waals surface area contributed by atoms with Crippen LogP contribution in [0.5, 0.6) is 0 Å². The normalized spacial score (nSPS) is 10.1. The molecule has 0 saturated heterocycles. The fraction of sp³-hybridized carbons (Fsp3) is 0. The lowest BCUT2D eigenvalue weighted by atomic mass is 10.1. The van der Waals surface area contributed by atoms with Crippen LogP contribution in [0.1, 0.15) is 0 Å². The van der Waals surface area contributed by atoms with E-state index in [1.807, 2.05) is 0 Å². The van der Waals surface area contributed by atoms with Gasteiger partial charge < -0.3 is 0 Å². The summed E-state index contributed by atoms with van der Waals surface area (Å²) in [6.45, 7) is 0. The van der Waals surface area contributed by atoms with Gasteiger partial charge in [-0.15, -0.1) is 0 Å². The molecule has 2 aromatic rings. The standard InChI is InChI=1S/C10H7FN2O/c11-9-4-2-1-3-7(9)8-5-6-12-13-10(8)14/h1-6H,(H,13,14). The molecule has 1 heterocycles. The highest BCUT2D eigenvalue weighted by atomic mass is 19.1. The molecule has 1 aromatic carbocycles. The van der Waals surface area contributed by atoms with Gasteiger partial charge in [0.25, 0.3) is 5.56 Å². The second-order valence-electron chi connectivity index (χ2n) is 2.78. The third-order valence-corrected chi connectivity index (χ3v) is 1.89. The molecule has 0 unspecified atom stereocenters. The van der Waals surface area contributed by atoms with Crippen LogP contribution in [0.3, 0.4) is 0 Å². The quantitative estimate of drug-likeness (QED) is 0.741. The molecule has 0 atom stereocenters. The summed E-state index contributed by atoms with van der Waals surface area (Å²) in [5, 5.41) is 5.79. The Bertz CT molecular complexity index is 507. The van der Waals surface area contributed by atoms with Gasteiger partial charge in [-0.1, -0.05) is 18.2 Å². The second kappa shape index (κ2) is 3.41. The van der Waals surface area contributed by atoms with Crippen molar-refractivity contribution < 1.29 is 4.39 Å². The van der Waals surface area contributed by atoms with Crippen molar-refractivity contribution in [3.05, 3.63) is 52.7 Å². The lowest BCUT2D eigenvalue weighted by Crippen LogP contribution is -2.10. The van der Waals surface area contributed by atoms with E-state index < -0.39 is 11.4 Å². The number of hydrogen-bond acceptors (Lipinski definition) is 2. The van der Waals surface area contributed by atoms with Gasteiger partial charge in [-0.3, -0.25) is 4.79 Å². The Morgan fingerprint density at radius 2 is 1.93 bits per heavy atom. The molecule has 4 heteroatoms. The maximum absolute atomic E-state index is 13.3. The molecule has 70 valence electrons. The first kappa shape index (κ1) is 8.62. The average molecular weight is 190 g/mol.